The van der Waals surface area contributed by atoms with Crippen LogP contribution in [0, 0.1) is 0 Å². The maximum Gasteiger partial charge on any atom is 0 e. The maximum absolute atomic E-state index is 0. The summed E-state index contributed by atoms with van der Waals surface area (Å²) < 4.78 is 0. The molecule has 0 nitrogen and oxygen atoms in total. The van der Waals surface area contributed by atoms with Crippen LogP contribution in [0.5, 0.6) is 0 Å². The van der Waals surface area contributed by atoms with Gasteiger partial charge in [0.15, 0.2) is 0 Å². The van der Waals surface area contributed by atoms with Crippen LogP contribution in [0.3, 0.4) is 0 Å². The Bertz CT molecular complexity index is 8.00. The standard InChI is InChI=1S/Fe.Ge.Sb.Te. The van der Waals surface area contributed by atoms with E-state index >= 15 is 0 Å². The van der Waals surface area contributed by atoms with Crippen molar-refractivity contribution in [2.24, 2.45) is 0 Å². The van der Waals surface area contributed by atoms with Gasteiger partial charge in [-0.3, -0.25) is 0 Å². The van der Waals surface area contributed by atoms with Gasteiger partial charge < -0.3 is 0 Å². The zero-order chi connectivity index (χ0) is 0. The van der Waals surface area contributed by atoms with Crippen molar-refractivity contribution in [3.8, 4) is 0 Å². The van der Waals surface area contributed by atoms with Gasteiger partial charge in [-0.2, -0.15) is 0 Å². The maximum atomic E-state index is 0. The van der Waals surface area contributed by atoms with E-state index in [1.165, 1.54) is 0 Å². The third-order valence-corrected chi connectivity index (χ3v) is 0. The molecule has 0 N–H and O–H groups in total. The molecule has 0 aromatic rings. The van der Waals surface area contributed by atoms with Crippen molar-refractivity contribution in [1.29, 1.82) is 0 Å². The van der Waals surface area contributed by atoms with Gasteiger partial charge >= 0.3 is 0 Å². The zero-order valence-electron chi connectivity index (χ0n) is 1.71. The first-order valence-electron chi connectivity index (χ1n) is 0. The fraction of sp³-hybridized carbons (Fsp3) is 0. The van der Waals surface area contributed by atoms with Gasteiger partial charge in [0.2, 0.25) is 0 Å². The van der Waals surface area contributed by atoms with Crippen molar-refractivity contribution in [2.45, 2.75) is 0 Å². The smallest absolute Gasteiger partial charge is 0 e. The third-order valence-electron chi connectivity index (χ3n) is 0. The van der Waals surface area contributed by atoms with Crippen molar-refractivity contribution in [3.63, 3.8) is 0 Å². The number of rotatable bonds is 0. The average molecular weight is 378 g/mol. The van der Waals surface area contributed by atoms with Crippen LogP contribution < -0.4 is 0 Å². The molecule has 0 aliphatic carbocycles. The van der Waals surface area contributed by atoms with Crippen LogP contribution >= 0.6 is 0 Å². The van der Waals surface area contributed by atoms with Gasteiger partial charge in [0.05, 0.1) is 0 Å². The van der Waals surface area contributed by atoms with Crippen LogP contribution in [0.1, 0.15) is 0 Å². The summed E-state index contributed by atoms with van der Waals surface area (Å²) in [7, 11) is 0. The molecule has 0 amide bonds. The molecule has 0 unspecified atom stereocenters. The minimum atomic E-state index is 0. The normalized spacial score (nSPS) is 0. The number of hydrogen-bond donors (Lipinski definition) is 0. The Hall–Kier alpha value is 2.67. The van der Waals surface area contributed by atoms with E-state index in [-0.39, 0.29) is 82.8 Å². The van der Waals surface area contributed by atoms with Gasteiger partial charge in [-0.1, -0.05) is 0 Å². The molecular formula is FeGeSbTe. The second kappa shape index (κ2) is 17.3. The van der Waals surface area contributed by atoms with Gasteiger partial charge in [0.1, 0.15) is 0 Å². The van der Waals surface area contributed by atoms with Gasteiger partial charge in [0, 0.05) is 82.8 Å². The van der Waals surface area contributed by atoms with Gasteiger partial charge in [-0.05, 0) is 0 Å². The van der Waals surface area contributed by atoms with Crippen molar-refractivity contribution >= 4 is 65.7 Å². The molecule has 9 radical (unpaired) electrons. The molecule has 4 heteroatoms. The molecule has 0 atom stereocenters. The predicted octanol–water partition coefficient (Wildman–Crippen LogP) is -1.14. The summed E-state index contributed by atoms with van der Waals surface area (Å²) in [6.45, 7) is 0. The molecule has 0 rings (SSSR count). The first-order valence-corrected chi connectivity index (χ1v) is 0. The Morgan fingerprint density at radius 1 is 1.00 bits per heavy atom. The summed E-state index contributed by atoms with van der Waals surface area (Å²) in [5, 5.41) is 0. The first-order chi connectivity index (χ1) is 0. The Kier molecular flexibility index (Phi) is 130. The quantitative estimate of drug-likeness (QED) is 0.468. The zero-order valence-corrected chi connectivity index (χ0v) is 9.79. The van der Waals surface area contributed by atoms with Gasteiger partial charge in [0.25, 0.3) is 0 Å². The molecule has 4 heavy (non-hydrogen) atoms. The summed E-state index contributed by atoms with van der Waals surface area (Å²) in [5.74, 6) is 0. The van der Waals surface area contributed by atoms with Crippen LogP contribution in [-0.2, 0) is 17.1 Å². The largest absolute Gasteiger partial charge is 0 e. The minimum absolute atomic E-state index is 0. The molecule has 0 saturated heterocycles. The minimum Gasteiger partial charge on any atom is 0 e. The molecule has 0 spiro atoms. The van der Waals surface area contributed by atoms with E-state index in [4.69, 9.17) is 0 Å². The first kappa shape index (κ1) is 30.1. The van der Waals surface area contributed by atoms with Crippen molar-refractivity contribution in [2.75, 3.05) is 0 Å². The van der Waals surface area contributed by atoms with Crippen LogP contribution in [0.4, 0.5) is 0 Å². The molecule has 0 heterocycles. The van der Waals surface area contributed by atoms with E-state index in [2.05, 4.69) is 0 Å². The summed E-state index contributed by atoms with van der Waals surface area (Å²) in [6, 6.07) is 0. The Morgan fingerprint density at radius 3 is 1.00 bits per heavy atom. The molecule has 0 aromatic heterocycles. The Morgan fingerprint density at radius 2 is 1.00 bits per heavy atom. The average Bonchev–Trinajstić information content (AvgIpc) is 0. The molecule has 23 valence electrons. The van der Waals surface area contributed by atoms with E-state index < -0.39 is 0 Å². The van der Waals surface area contributed by atoms with Crippen LogP contribution in [0.2, 0.25) is 0 Å². The molecule has 0 aliphatic heterocycles. The van der Waals surface area contributed by atoms with Crippen LogP contribution in [-0.4, -0.2) is 65.7 Å². The molecule has 0 aliphatic rings. The molecule has 0 saturated carbocycles. The van der Waals surface area contributed by atoms with E-state index in [9.17, 15) is 0 Å². The second-order valence-corrected chi connectivity index (χ2v) is 0. The predicted molar refractivity (Wildman–Crippen MR) is 17.3 cm³/mol. The van der Waals surface area contributed by atoms with E-state index in [0.717, 1.165) is 0 Å². The summed E-state index contributed by atoms with van der Waals surface area (Å²) in [6.07, 6.45) is 0. The fourth-order valence-electron chi connectivity index (χ4n) is 0. The SMILES string of the molecule is [Fe].[Ge].[Sb].[Te]. The summed E-state index contributed by atoms with van der Waals surface area (Å²) in [5.41, 5.74) is 0. The van der Waals surface area contributed by atoms with E-state index in [1.807, 2.05) is 0 Å². The number of hydrogen-bond acceptors (Lipinski definition) is 0. The molecule has 0 aromatic carbocycles. The molecule has 0 fully saturated rings. The summed E-state index contributed by atoms with van der Waals surface area (Å²) in [4.78, 5) is 0. The molecular weight excluding hydrogens is 378 g/mol. The van der Waals surface area contributed by atoms with Crippen LogP contribution in [0.25, 0.3) is 0 Å². The van der Waals surface area contributed by atoms with Crippen LogP contribution in [0.15, 0.2) is 0 Å². The molecule has 0 bridgehead atoms. The Labute approximate surface area is 81.5 Å². The van der Waals surface area contributed by atoms with E-state index in [0.29, 0.717) is 0 Å². The topological polar surface area (TPSA) is 0 Å². The van der Waals surface area contributed by atoms with Crippen molar-refractivity contribution in [1.82, 2.24) is 0 Å². The second-order valence-electron chi connectivity index (χ2n) is 0. The van der Waals surface area contributed by atoms with E-state index in [1.54, 1.807) is 0 Å². The Balaban J connectivity index is 0. The third kappa shape index (κ3) is 8.82. The van der Waals surface area contributed by atoms with Crippen molar-refractivity contribution < 1.29 is 17.1 Å². The monoisotopic (exact) mass is 381 g/mol. The van der Waals surface area contributed by atoms with Gasteiger partial charge in [-0.15, -0.1) is 0 Å². The fourth-order valence-corrected chi connectivity index (χ4v) is 0. The summed E-state index contributed by atoms with van der Waals surface area (Å²) >= 11 is 0. The van der Waals surface area contributed by atoms with Crippen molar-refractivity contribution in [3.05, 3.63) is 0 Å². The van der Waals surface area contributed by atoms with Gasteiger partial charge in [-0.25, -0.2) is 0 Å².